The van der Waals surface area contributed by atoms with E-state index in [2.05, 4.69) is 6.58 Å². The van der Waals surface area contributed by atoms with E-state index >= 15 is 0 Å². The second-order valence-electron chi connectivity index (χ2n) is 3.61. The smallest absolute Gasteiger partial charge is 0.312 e. The van der Waals surface area contributed by atoms with E-state index < -0.39 is 11.8 Å². The van der Waals surface area contributed by atoms with Gasteiger partial charge in [0.1, 0.15) is 6.61 Å². The topological polar surface area (TPSA) is 72.6 Å². The van der Waals surface area contributed by atoms with E-state index in [1.54, 1.807) is 0 Å². The maximum Gasteiger partial charge on any atom is 0.312 e. The molecule has 0 fully saturated rings. The molecule has 0 aliphatic rings. The SMILES string of the molecule is C=COCCN(Cc1ccccc1)C(=O)C(N)=O. The van der Waals surface area contributed by atoms with Gasteiger partial charge in [-0.25, -0.2) is 0 Å². The van der Waals surface area contributed by atoms with Gasteiger partial charge in [0.2, 0.25) is 0 Å². The van der Waals surface area contributed by atoms with Crippen molar-refractivity contribution in [3.63, 3.8) is 0 Å². The van der Waals surface area contributed by atoms with Crippen molar-refractivity contribution >= 4 is 11.8 Å². The second kappa shape index (κ2) is 7.11. The molecule has 0 aromatic heterocycles. The van der Waals surface area contributed by atoms with E-state index in [1.165, 1.54) is 11.2 Å². The van der Waals surface area contributed by atoms with Gasteiger partial charge >= 0.3 is 11.8 Å². The molecule has 0 saturated heterocycles. The third kappa shape index (κ3) is 4.29. The average Bonchev–Trinajstić information content (AvgIpc) is 2.38. The van der Waals surface area contributed by atoms with Crippen molar-refractivity contribution in [2.45, 2.75) is 6.54 Å². The number of amides is 2. The molecule has 0 bridgehead atoms. The number of hydrogen-bond acceptors (Lipinski definition) is 3. The van der Waals surface area contributed by atoms with E-state index in [0.717, 1.165) is 5.56 Å². The van der Waals surface area contributed by atoms with Crippen LogP contribution < -0.4 is 5.73 Å². The van der Waals surface area contributed by atoms with Crippen LogP contribution in [0.4, 0.5) is 0 Å². The number of carbonyl (C=O) groups excluding carboxylic acids is 2. The third-order valence-electron chi connectivity index (χ3n) is 2.31. The van der Waals surface area contributed by atoms with Crippen LogP contribution in [0.2, 0.25) is 0 Å². The maximum atomic E-state index is 11.6. The summed E-state index contributed by atoms with van der Waals surface area (Å²) in [4.78, 5) is 23.9. The summed E-state index contributed by atoms with van der Waals surface area (Å²) in [5, 5.41) is 0. The van der Waals surface area contributed by atoms with Gasteiger partial charge in [0, 0.05) is 6.54 Å². The number of rotatable bonds is 6. The number of benzene rings is 1. The predicted molar refractivity (Wildman–Crippen MR) is 67.2 cm³/mol. The lowest BCUT2D eigenvalue weighted by atomic mass is 10.2. The monoisotopic (exact) mass is 248 g/mol. The number of ether oxygens (including phenoxy) is 1. The minimum Gasteiger partial charge on any atom is -0.500 e. The Labute approximate surface area is 106 Å². The molecule has 0 unspecified atom stereocenters. The molecule has 2 N–H and O–H groups in total. The molecule has 1 aromatic carbocycles. The van der Waals surface area contributed by atoms with Gasteiger partial charge in [0.05, 0.1) is 12.8 Å². The van der Waals surface area contributed by atoms with Crippen molar-refractivity contribution in [1.29, 1.82) is 0 Å². The van der Waals surface area contributed by atoms with E-state index in [1.807, 2.05) is 30.3 Å². The fourth-order valence-electron chi connectivity index (χ4n) is 1.46. The highest BCUT2D eigenvalue weighted by Gasteiger charge is 2.18. The van der Waals surface area contributed by atoms with Gasteiger partial charge in [-0.05, 0) is 5.56 Å². The van der Waals surface area contributed by atoms with Crippen LogP contribution in [0, 0.1) is 0 Å². The molecular weight excluding hydrogens is 232 g/mol. The third-order valence-corrected chi connectivity index (χ3v) is 2.31. The van der Waals surface area contributed by atoms with E-state index in [9.17, 15) is 9.59 Å². The predicted octanol–water partition coefficient (Wildman–Crippen LogP) is 0.661. The largest absolute Gasteiger partial charge is 0.500 e. The lowest BCUT2D eigenvalue weighted by Gasteiger charge is -2.20. The summed E-state index contributed by atoms with van der Waals surface area (Å²) in [6.45, 7) is 4.28. The molecule has 0 radical (unpaired) electrons. The van der Waals surface area contributed by atoms with Gasteiger partial charge in [-0.2, -0.15) is 0 Å². The van der Waals surface area contributed by atoms with E-state index in [0.29, 0.717) is 6.54 Å². The summed E-state index contributed by atoms with van der Waals surface area (Å²) < 4.78 is 4.95. The Balaban J connectivity index is 2.68. The number of hydrogen-bond donors (Lipinski definition) is 1. The van der Waals surface area contributed by atoms with Crippen molar-refractivity contribution < 1.29 is 14.3 Å². The number of primary amides is 1. The van der Waals surface area contributed by atoms with Crippen LogP contribution in [0.3, 0.4) is 0 Å². The lowest BCUT2D eigenvalue weighted by Crippen LogP contribution is -2.41. The minimum absolute atomic E-state index is 0.273. The van der Waals surface area contributed by atoms with Crippen LogP contribution in [0.25, 0.3) is 0 Å². The summed E-state index contributed by atoms with van der Waals surface area (Å²) in [6.07, 6.45) is 1.29. The van der Waals surface area contributed by atoms with Gasteiger partial charge in [-0.1, -0.05) is 36.9 Å². The second-order valence-corrected chi connectivity index (χ2v) is 3.61. The number of nitrogens with two attached hydrogens (primary N) is 1. The number of carbonyl (C=O) groups is 2. The first-order chi connectivity index (χ1) is 8.65. The zero-order valence-electron chi connectivity index (χ0n) is 10.0. The van der Waals surface area contributed by atoms with Crippen molar-refractivity contribution in [3.05, 3.63) is 48.7 Å². The summed E-state index contributed by atoms with van der Waals surface area (Å²) >= 11 is 0. The van der Waals surface area contributed by atoms with Gasteiger partial charge in [-0.15, -0.1) is 0 Å². The van der Waals surface area contributed by atoms with Crippen molar-refractivity contribution in [1.82, 2.24) is 4.90 Å². The quantitative estimate of drug-likeness (QED) is 0.456. The Morgan fingerprint density at radius 2 is 2.00 bits per heavy atom. The average molecular weight is 248 g/mol. The zero-order chi connectivity index (χ0) is 13.4. The highest BCUT2D eigenvalue weighted by molar-refractivity contribution is 6.34. The highest BCUT2D eigenvalue weighted by atomic mass is 16.5. The summed E-state index contributed by atoms with van der Waals surface area (Å²) in [5.41, 5.74) is 5.93. The van der Waals surface area contributed by atoms with E-state index in [4.69, 9.17) is 10.5 Å². The summed E-state index contributed by atoms with van der Waals surface area (Å²) in [7, 11) is 0. The summed E-state index contributed by atoms with van der Waals surface area (Å²) in [6, 6.07) is 9.35. The summed E-state index contributed by atoms with van der Waals surface area (Å²) in [5.74, 6) is -1.68. The molecule has 0 aliphatic carbocycles. The van der Waals surface area contributed by atoms with Crippen molar-refractivity contribution in [3.8, 4) is 0 Å². The van der Waals surface area contributed by atoms with E-state index in [-0.39, 0.29) is 13.2 Å². The first-order valence-corrected chi connectivity index (χ1v) is 5.50. The van der Waals surface area contributed by atoms with Gasteiger partial charge in [0.15, 0.2) is 0 Å². The molecule has 5 nitrogen and oxygen atoms in total. The molecule has 1 aromatic rings. The van der Waals surface area contributed by atoms with Crippen LogP contribution in [0.15, 0.2) is 43.2 Å². The number of nitrogens with zero attached hydrogens (tertiary/aromatic N) is 1. The first kappa shape index (κ1) is 13.8. The Morgan fingerprint density at radius 3 is 2.56 bits per heavy atom. The van der Waals surface area contributed by atoms with Crippen LogP contribution >= 0.6 is 0 Å². The highest BCUT2D eigenvalue weighted by Crippen LogP contribution is 2.04. The Bertz CT molecular complexity index is 418. The fourth-order valence-corrected chi connectivity index (χ4v) is 1.46. The molecule has 0 saturated carbocycles. The Kier molecular flexibility index (Phi) is 5.44. The Morgan fingerprint density at radius 1 is 1.33 bits per heavy atom. The van der Waals surface area contributed by atoms with Gasteiger partial charge in [-0.3, -0.25) is 9.59 Å². The van der Waals surface area contributed by atoms with Crippen molar-refractivity contribution in [2.75, 3.05) is 13.2 Å². The molecule has 96 valence electrons. The standard InChI is InChI=1S/C13H16N2O3/c1-2-18-9-8-15(13(17)12(14)16)10-11-6-4-3-5-7-11/h2-7H,1,8-10H2,(H2,14,16). The molecule has 0 heterocycles. The van der Waals surface area contributed by atoms with Crippen LogP contribution in [0.5, 0.6) is 0 Å². The zero-order valence-corrected chi connectivity index (χ0v) is 10.0. The molecule has 0 atom stereocenters. The molecular formula is C13H16N2O3. The van der Waals surface area contributed by atoms with Crippen LogP contribution in [-0.4, -0.2) is 29.9 Å². The Hall–Kier alpha value is -2.30. The van der Waals surface area contributed by atoms with Gasteiger partial charge in [0.25, 0.3) is 0 Å². The van der Waals surface area contributed by atoms with Crippen molar-refractivity contribution in [2.24, 2.45) is 5.73 Å². The fraction of sp³-hybridized carbons (Fsp3) is 0.231. The van der Waals surface area contributed by atoms with Crippen LogP contribution in [-0.2, 0) is 20.9 Å². The van der Waals surface area contributed by atoms with Crippen LogP contribution in [0.1, 0.15) is 5.56 Å². The maximum absolute atomic E-state index is 11.6. The molecule has 2 amide bonds. The molecule has 0 aliphatic heterocycles. The minimum atomic E-state index is -0.968. The normalized spacial score (nSPS) is 9.56. The molecule has 5 heteroatoms. The molecule has 1 rings (SSSR count). The van der Waals surface area contributed by atoms with Gasteiger partial charge < -0.3 is 15.4 Å². The molecule has 0 spiro atoms. The molecule has 18 heavy (non-hydrogen) atoms. The lowest BCUT2D eigenvalue weighted by molar-refractivity contribution is -0.144. The first-order valence-electron chi connectivity index (χ1n) is 5.50.